The van der Waals surface area contributed by atoms with Gasteiger partial charge in [-0.05, 0) is 54.8 Å². The molecule has 0 spiro atoms. The lowest BCUT2D eigenvalue weighted by atomic mass is 9.98. The van der Waals surface area contributed by atoms with Gasteiger partial charge in [0.2, 0.25) is 0 Å². The largest absolute Gasteiger partial charge is 0.493 e. The molecular weight excluding hydrogens is 642 g/mol. The van der Waals surface area contributed by atoms with Crippen molar-refractivity contribution in [1.29, 1.82) is 0 Å². The first kappa shape index (κ1) is 31.6. The second-order valence-electron chi connectivity index (χ2n) is 11.4. The Morgan fingerprint density at radius 3 is 2.43 bits per heavy atom. The van der Waals surface area contributed by atoms with Crippen LogP contribution in [-0.2, 0) is 36.7 Å². The van der Waals surface area contributed by atoms with Gasteiger partial charge < -0.3 is 19.1 Å². The van der Waals surface area contributed by atoms with E-state index in [0.29, 0.717) is 42.7 Å². The van der Waals surface area contributed by atoms with Crippen molar-refractivity contribution in [2.24, 2.45) is 7.05 Å². The number of carbonyl (C=O) groups excluding carboxylic acids is 1. The minimum atomic E-state index is -0.351. The average Bonchev–Trinajstić information content (AvgIpc) is 3.55. The average molecular weight is 681 g/mol. The standard InChI is InChI=1S/C38H38BrN3O4/c1-4-45-38(44)37-31(19-11-21-46-34-20-9-15-26-12-7-8-16-29(26)34)30-17-10-18-32(35-25(2)41(3)40-33(35)24-43)36(30)42(37)23-28-14-6-5-13-27(28)22-39/h5-10,12-18,20,43H,4,11,19,21-24H2,1-3H3. The third-order valence-corrected chi connectivity index (χ3v) is 9.25. The van der Waals surface area contributed by atoms with Gasteiger partial charge in [0.25, 0.3) is 0 Å². The van der Waals surface area contributed by atoms with E-state index in [1.165, 1.54) is 0 Å². The number of aliphatic hydroxyl groups is 1. The Balaban J connectivity index is 1.49. The van der Waals surface area contributed by atoms with Gasteiger partial charge in [0.15, 0.2) is 0 Å². The minimum absolute atomic E-state index is 0.191. The molecule has 46 heavy (non-hydrogen) atoms. The molecular formula is C38H38BrN3O4. The number of hydrogen-bond donors (Lipinski definition) is 1. The number of ether oxygens (including phenoxy) is 2. The number of hydrogen-bond acceptors (Lipinski definition) is 5. The fourth-order valence-corrected chi connectivity index (χ4v) is 6.98. The Morgan fingerprint density at radius 2 is 1.65 bits per heavy atom. The summed E-state index contributed by atoms with van der Waals surface area (Å²) in [5.74, 6) is 0.500. The van der Waals surface area contributed by atoms with Crippen LogP contribution < -0.4 is 4.74 Å². The van der Waals surface area contributed by atoms with Crippen LogP contribution in [0.25, 0.3) is 32.8 Å². The summed E-state index contributed by atoms with van der Waals surface area (Å²) in [6.07, 6.45) is 1.32. The summed E-state index contributed by atoms with van der Waals surface area (Å²) in [4.78, 5) is 13.9. The zero-order chi connectivity index (χ0) is 32.2. The maximum Gasteiger partial charge on any atom is 0.355 e. The Kier molecular flexibility index (Phi) is 9.56. The number of alkyl halides is 1. The third-order valence-electron chi connectivity index (χ3n) is 8.65. The molecule has 0 unspecified atom stereocenters. The van der Waals surface area contributed by atoms with Crippen molar-refractivity contribution in [3.63, 3.8) is 0 Å². The maximum absolute atomic E-state index is 13.9. The molecule has 7 nitrogen and oxygen atoms in total. The monoisotopic (exact) mass is 679 g/mol. The number of aryl methyl sites for hydroxylation is 2. The van der Waals surface area contributed by atoms with E-state index in [2.05, 4.69) is 68.1 Å². The Labute approximate surface area is 277 Å². The maximum atomic E-state index is 13.9. The first-order valence-corrected chi connectivity index (χ1v) is 16.8. The summed E-state index contributed by atoms with van der Waals surface area (Å²) in [5, 5.41) is 18.8. The first-order valence-electron chi connectivity index (χ1n) is 15.6. The number of para-hydroxylation sites is 1. The third kappa shape index (κ3) is 5.95. The van der Waals surface area contributed by atoms with Crippen molar-refractivity contribution in [1.82, 2.24) is 14.3 Å². The predicted octanol–water partition coefficient (Wildman–Crippen LogP) is 8.13. The van der Waals surface area contributed by atoms with Crippen LogP contribution in [-0.4, -0.2) is 38.6 Å². The van der Waals surface area contributed by atoms with Crippen LogP contribution in [0.1, 0.15) is 51.9 Å². The number of nitrogens with zero attached hydrogens (tertiary/aromatic N) is 3. The lowest BCUT2D eigenvalue weighted by Crippen LogP contribution is -2.16. The van der Waals surface area contributed by atoms with Gasteiger partial charge in [-0.1, -0.05) is 94.8 Å². The van der Waals surface area contributed by atoms with E-state index in [-0.39, 0.29) is 19.2 Å². The van der Waals surface area contributed by atoms with Crippen molar-refractivity contribution in [2.45, 2.75) is 45.2 Å². The van der Waals surface area contributed by atoms with Crippen LogP contribution in [0.4, 0.5) is 0 Å². The highest BCUT2D eigenvalue weighted by molar-refractivity contribution is 9.08. The van der Waals surface area contributed by atoms with Crippen LogP contribution in [0, 0.1) is 6.92 Å². The molecule has 0 radical (unpaired) electrons. The number of aromatic nitrogens is 3. The number of aliphatic hydroxyl groups excluding tert-OH is 1. The van der Waals surface area contributed by atoms with Crippen LogP contribution in [0.5, 0.6) is 5.75 Å². The fraction of sp³-hybridized carbons (Fsp3) is 0.263. The summed E-state index contributed by atoms with van der Waals surface area (Å²) >= 11 is 3.65. The molecule has 2 heterocycles. The highest BCUT2D eigenvalue weighted by Gasteiger charge is 2.28. The summed E-state index contributed by atoms with van der Waals surface area (Å²) in [6, 6.07) is 28.7. The number of carbonyl (C=O) groups is 1. The molecule has 2 aromatic heterocycles. The molecule has 4 aromatic carbocycles. The van der Waals surface area contributed by atoms with Crippen LogP contribution in [0.3, 0.4) is 0 Å². The molecule has 0 amide bonds. The number of rotatable bonds is 12. The molecule has 0 aliphatic rings. The number of esters is 1. The van der Waals surface area contributed by atoms with Crippen molar-refractivity contribution in [2.75, 3.05) is 13.2 Å². The van der Waals surface area contributed by atoms with E-state index in [0.717, 1.165) is 60.9 Å². The summed E-state index contributed by atoms with van der Waals surface area (Å²) < 4.78 is 15.9. The van der Waals surface area contributed by atoms with Gasteiger partial charge in [0.05, 0.1) is 31.0 Å². The van der Waals surface area contributed by atoms with Gasteiger partial charge in [-0.15, -0.1) is 0 Å². The topological polar surface area (TPSA) is 78.5 Å². The van der Waals surface area contributed by atoms with E-state index < -0.39 is 0 Å². The van der Waals surface area contributed by atoms with Crippen LogP contribution in [0.15, 0.2) is 84.9 Å². The van der Waals surface area contributed by atoms with Gasteiger partial charge >= 0.3 is 5.97 Å². The number of fused-ring (bicyclic) bond motifs is 2. The zero-order valence-electron chi connectivity index (χ0n) is 26.4. The lowest BCUT2D eigenvalue weighted by Gasteiger charge is -2.16. The smallest absolute Gasteiger partial charge is 0.355 e. The molecule has 6 rings (SSSR count). The summed E-state index contributed by atoms with van der Waals surface area (Å²) in [7, 11) is 1.88. The molecule has 0 saturated carbocycles. The fourth-order valence-electron chi connectivity index (χ4n) is 6.43. The van der Waals surface area contributed by atoms with E-state index in [9.17, 15) is 9.90 Å². The molecule has 6 aromatic rings. The molecule has 0 saturated heterocycles. The lowest BCUT2D eigenvalue weighted by molar-refractivity contribution is 0.0513. The Bertz CT molecular complexity index is 2020. The van der Waals surface area contributed by atoms with Gasteiger partial charge in [0, 0.05) is 46.5 Å². The molecule has 0 aliphatic carbocycles. The molecule has 0 aliphatic heterocycles. The molecule has 0 atom stereocenters. The van der Waals surface area contributed by atoms with E-state index in [1.807, 2.05) is 63.4 Å². The highest BCUT2D eigenvalue weighted by Crippen LogP contribution is 2.39. The van der Waals surface area contributed by atoms with E-state index >= 15 is 0 Å². The predicted molar refractivity (Wildman–Crippen MR) is 187 cm³/mol. The van der Waals surface area contributed by atoms with Crippen molar-refractivity contribution < 1.29 is 19.4 Å². The Morgan fingerprint density at radius 1 is 0.935 bits per heavy atom. The van der Waals surface area contributed by atoms with Crippen molar-refractivity contribution >= 4 is 43.6 Å². The second kappa shape index (κ2) is 13.9. The van der Waals surface area contributed by atoms with Crippen LogP contribution in [0.2, 0.25) is 0 Å². The molecule has 236 valence electrons. The summed E-state index contributed by atoms with van der Waals surface area (Å²) in [5.41, 5.74) is 7.99. The van der Waals surface area contributed by atoms with Gasteiger partial charge in [-0.2, -0.15) is 5.10 Å². The molecule has 8 heteroatoms. The zero-order valence-corrected chi connectivity index (χ0v) is 28.0. The van der Waals surface area contributed by atoms with Gasteiger partial charge in [-0.25, -0.2) is 4.79 Å². The van der Waals surface area contributed by atoms with Crippen molar-refractivity contribution in [3.8, 4) is 16.9 Å². The second-order valence-corrected chi connectivity index (χ2v) is 11.9. The van der Waals surface area contributed by atoms with E-state index in [1.54, 1.807) is 4.68 Å². The summed E-state index contributed by atoms with van der Waals surface area (Å²) in [6.45, 7) is 4.89. The number of benzene rings is 4. The number of halogens is 1. The van der Waals surface area contributed by atoms with Crippen LogP contribution >= 0.6 is 15.9 Å². The van der Waals surface area contributed by atoms with Gasteiger partial charge in [-0.3, -0.25) is 4.68 Å². The molecule has 0 bridgehead atoms. The van der Waals surface area contributed by atoms with Gasteiger partial charge in [0.1, 0.15) is 11.4 Å². The highest BCUT2D eigenvalue weighted by atomic mass is 79.9. The minimum Gasteiger partial charge on any atom is -0.493 e. The molecule has 0 fully saturated rings. The Hall–Kier alpha value is -4.40. The normalized spacial score (nSPS) is 11.4. The first-order chi connectivity index (χ1) is 22.5. The SMILES string of the molecule is CCOC(=O)c1c(CCCOc2cccc3ccccc23)c2cccc(-c3c(CO)nn(C)c3C)c2n1Cc1ccccc1CBr. The quantitative estimate of drug-likeness (QED) is 0.0803. The molecule has 1 N–H and O–H groups in total. The van der Waals surface area contributed by atoms with Crippen molar-refractivity contribution in [3.05, 3.63) is 119 Å². The van der Waals surface area contributed by atoms with E-state index in [4.69, 9.17) is 9.47 Å².